The summed E-state index contributed by atoms with van der Waals surface area (Å²) in [6.45, 7) is 0. The van der Waals surface area contributed by atoms with E-state index in [2.05, 4.69) is 0 Å². The van der Waals surface area contributed by atoms with Gasteiger partial charge in [0.15, 0.2) is 0 Å². The van der Waals surface area contributed by atoms with Crippen LogP contribution in [-0.2, 0) is 4.57 Å². The van der Waals surface area contributed by atoms with Crippen LogP contribution in [0, 0.1) is 0 Å². The maximum absolute atomic E-state index is 8.56. The van der Waals surface area contributed by atoms with Crippen molar-refractivity contribution in [1.82, 2.24) is 0 Å². The molecule has 0 heterocycles. The second-order valence-electron chi connectivity index (χ2n) is 0.730. The first kappa shape index (κ1) is 22.9. The molecule has 0 bridgehead atoms. The van der Waals surface area contributed by atoms with Crippen molar-refractivity contribution in [3.63, 3.8) is 0 Å². The van der Waals surface area contributed by atoms with E-state index in [9.17, 15) is 0 Å². The smallest absolute Gasteiger partial charge is 0.822 e. The van der Waals surface area contributed by atoms with E-state index in [1.165, 1.54) is 0 Å². The zero-order valence-electron chi connectivity index (χ0n) is 5.59. The number of carboxylic acid groups (broad SMARTS) is 2. The van der Waals surface area contributed by atoms with Gasteiger partial charge < -0.3 is 29.5 Å². The topological polar surface area (TPSA) is 144 Å². The molecular formula is CH2CaNaO7P. The molecule has 11 heavy (non-hydrogen) atoms. The van der Waals surface area contributed by atoms with Crippen molar-refractivity contribution in [2.45, 2.75) is 0 Å². The Morgan fingerprint density at radius 3 is 1.18 bits per heavy atom. The largest absolute Gasteiger partial charge is 2.00 e. The number of phosphoric acid groups is 1. The summed E-state index contributed by atoms with van der Waals surface area (Å²) in [5, 5.41) is 13.9. The van der Waals surface area contributed by atoms with E-state index in [4.69, 9.17) is 34.3 Å². The summed E-state index contributed by atoms with van der Waals surface area (Å²) in [5.41, 5.74) is 0. The Bertz CT molecular complexity index is 118. The molecule has 10 heteroatoms. The van der Waals surface area contributed by atoms with E-state index < -0.39 is 14.0 Å². The minimum Gasteiger partial charge on any atom is -0.822 e. The van der Waals surface area contributed by atoms with Crippen LogP contribution in [0.3, 0.4) is 0 Å². The summed E-state index contributed by atoms with van der Waals surface area (Å²) in [4.78, 5) is 34.2. The molecular weight excluding hydrogens is 218 g/mol. The Hall–Kier alpha value is 1.64. The van der Waals surface area contributed by atoms with Crippen LogP contribution in [-0.4, -0.2) is 54.1 Å². The van der Waals surface area contributed by atoms with Gasteiger partial charge in [-0.1, -0.05) is 0 Å². The molecule has 0 aliphatic carbocycles. The van der Waals surface area contributed by atoms with Crippen LogP contribution in [0.5, 0.6) is 0 Å². The Kier molecular flexibility index (Phi) is 24.3. The Balaban J connectivity index is -0.0000000383. The van der Waals surface area contributed by atoms with Crippen LogP contribution in [0.1, 0.15) is 0 Å². The SMILES string of the molecule is O=C(O)O.O=P([O-])([O-])[O-].[Ca+2].[Na+]. The number of hydrogen-bond donors (Lipinski definition) is 2. The van der Waals surface area contributed by atoms with Gasteiger partial charge in [0.2, 0.25) is 0 Å². The fourth-order valence-corrected chi connectivity index (χ4v) is 0. The number of rotatable bonds is 0. The van der Waals surface area contributed by atoms with Gasteiger partial charge in [-0.15, -0.1) is 0 Å². The molecule has 0 amide bonds. The Labute approximate surface area is 114 Å². The molecule has 0 aromatic carbocycles. The second-order valence-corrected chi connectivity index (χ2v) is 1.62. The van der Waals surface area contributed by atoms with Crippen LogP contribution in [0.2, 0.25) is 0 Å². The fourth-order valence-electron chi connectivity index (χ4n) is 0. The number of carbonyl (C=O) groups is 1. The van der Waals surface area contributed by atoms with E-state index in [1.807, 2.05) is 0 Å². The van der Waals surface area contributed by atoms with Gasteiger partial charge in [-0.3, -0.25) is 0 Å². The van der Waals surface area contributed by atoms with Gasteiger partial charge in [0, 0.05) is 0 Å². The van der Waals surface area contributed by atoms with Crippen LogP contribution < -0.4 is 44.2 Å². The third-order valence-electron chi connectivity index (χ3n) is 0. The van der Waals surface area contributed by atoms with E-state index >= 15 is 0 Å². The monoisotopic (exact) mass is 220 g/mol. The van der Waals surface area contributed by atoms with Gasteiger partial charge in [-0.05, 0) is 0 Å². The standard InChI is InChI=1S/CH2O3.Ca.Na.H3O4P/c2-1(3)4;;;1-5(2,3)4/h(H2,2,3,4);;;(H3,1,2,3,4)/q;+2;+1;/p-3. The number of hydrogen-bond acceptors (Lipinski definition) is 5. The van der Waals surface area contributed by atoms with Gasteiger partial charge in [-0.25, -0.2) is 4.79 Å². The maximum Gasteiger partial charge on any atom is 2.00 e. The van der Waals surface area contributed by atoms with Gasteiger partial charge in [-0.2, -0.15) is 7.82 Å². The average molecular weight is 220 g/mol. The van der Waals surface area contributed by atoms with Crippen molar-refractivity contribution >= 4 is 51.7 Å². The van der Waals surface area contributed by atoms with E-state index in [0.29, 0.717) is 0 Å². The third kappa shape index (κ3) is 402. The summed E-state index contributed by atoms with van der Waals surface area (Å²) in [6.07, 6.45) is -1.83. The molecule has 0 radical (unpaired) electrons. The first-order valence-corrected chi connectivity index (χ1v) is 2.84. The predicted molar refractivity (Wildman–Crippen MR) is 24.0 cm³/mol. The zero-order chi connectivity index (χ0) is 8.08. The van der Waals surface area contributed by atoms with Gasteiger partial charge in [0.25, 0.3) is 0 Å². The molecule has 0 atom stereocenters. The van der Waals surface area contributed by atoms with E-state index in [0.717, 1.165) is 0 Å². The molecule has 0 rings (SSSR count). The molecule has 0 saturated carbocycles. The first-order valence-electron chi connectivity index (χ1n) is 1.38. The quantitative estimate of drug-likeness (QED) is 0.305. The molecule has 0 saturated heterocycles. The third-order valence-corrected chi connectivity index (χ3v) is 0. The van der Waals surface area contributed by atoms with Gasteiger partial charge in [0.1, 0.15) is 0 Å². The summed E-state index contributed by atoms with van der Waals surface area (Å²) in [7, 11) is -5.39. The molecule has 56 valence electrons. The minimum atomic E-state index is -5.39. The summed E-state index contributed by atoms with van der Waals surface area (Å²) >= 11 is 0. The average Bonchev–Trinajstić information content (AvgIpc) is 1.19. The van der Waals surface area contributed by atoms with Crippen molar-refractivity contribution in [3.8, 4) is 0 Å². The molecule has 0 unspecified atom stereocenters. The van der Waals surface area contributed by atoms with E-state index in [-0.39, 0.29) is 67.3 Å². The molecule has 7 nitrogen and oxygen atoms in total. The first-order chi connectivity index (χ1) is 3.73. The molecule has 0 aromatic heterocycles. The van der Waals surface area contributed by atoms with Crippen LogP contribution in [0.15, 0.2) is 0 Å². The van der Waals surface area contributed by atoms with Crippen LogP contribution in [0.25, 0.3) is 0 Å². The molecule has 0 aromatic rings. The molecule has 0 fully saturated rings. The van der Waals surface area contributed by atoms with Crippen molar-refractivity contribution in [3.05, 3.63) is 0 Å². The molecule has 0 aliphatic heterocycles. The van der Waals surface area contributed by atoms with Crippen molar-refractivity contribution < 1.29 is 63.8 Å². The van der Waals surface area contributed by atoms with Crippen molar-refractivity contribution in [1.29, 1.82) is 0 Å². The normalized spacial score (nSPS) is 7.55. The molecule has 0 spiro atoms. The fraction of sp³-hybridized carbons (Fsp3) is 0. The Morgan fingerprint density at radius 1 is 1.18 bits per heavy atom. The summed E-state index contributed by atoms with van der Waals surface area (Å²) in [6, 6.07) is 0. The zero-order valence-corrected chi connectivity index (χ0v) is 10.7. The van der Waals surface area contributed by atoms with Gasteiger partial charge in [0.05, 0.1) is 0 Å². The predicted octanol–water partition coefficient (Wildman–Crippen LogP) is -5.98. The minimum absolute atomic E-state index is 0. The summed E-state index contributed by atoms with van der Waals surface area (Å²) in [5.74, 6) is 0. The van der Waals surface area contributed by atoms with Gasteiger partial charge >= 0.3 is 73.5 Å². The summed E-state index contributed by atoms with van der Waals surface area (Å²) < 4.78 is 8.55. The molecule has 0 aliphatic rings. The molecule has 2 N–H and O–H groups in total. The van der Waals surface area contributed by atoms with Crippen LogP contribution >= 0.6 is 7.82 Å². The van der Waals surface area contributed by atoms with E-state index in [1.54, 1.807) is 0 Å². The Morgan fingerprint density at radius 2 is 1.18 bits per heavy atom. The van der Waals surface area contributed by atoms with Crippen molar-refractivity contribution in [2.24, 2.45) is 0 Å². The second kappa shape index (κ2) is 11.6. The maximum atomic E-state index is 8.56. The van der Waals surface area contributed by atoms with Crippen molar-refractivity contribution in [2.75, 3.05) is 0 Å². The van der Waals surface area contributed by atoms with Crippen LogP contribution in [0.4, 0.5) is 4.79 Å².